The van der Waals surface area contributed by atoms with E-state index in [4.69, 9.17) is 9.84 Å². The van der Waals surface area contributed by atoms with Crippen molar-refractivity contribution in [2.75, 3.05) is 18.9 Å². The van der Waals surface area contributed by atoms with Gasteiger partial charge >= 0.3 is 5.97 Å². The Morgan fingerprint density at radius 1 is 1.53 bits per heavy atom. The van der Waals surface area contributed by atoms with Gasteiger partial charge in [-0.3, -0.25) is 4.79 Å². The Bertz CT molecular complexity index is 339. The molecule has 0 aromatic heterocycles. The van der Waals surface area contributed by atoms with E-state index in [1.165, 1.54) is 4.31 Å². The van der Waals surface area contributed by atoms with Gasteiger partial charge in [0.25, 0.3) is 0 Å². The average molecular weight is 237 g/mol. The predicted octanol–water partition coefficient (Wildman–Crippen LogP) is -0.490. The molecule has 6 nitrogen and oxygen atoms in total. The normalized spacial score (nSPS) is 28.9. The quantitative estimate of drug-likeness (QED) is 0.716. The zero-order chi connectivity index (χ0) is 11.6. The summed E-state index contributed by atoms with van der Waals surface area (Å²) in [6, 6.07) is -0.300. The lowest BCUT2D eigenvalue weighted by Gasteiger charge is -2.35. The van der Waals surface area contributed by atoms with E-state index in [0.717, 1.165) is 0 Å². The number of rotatable bonds is 3. The number of hydrogen-bond acceptors (Lipinski definition) is 4. The van der Waals surface area contributed by atoms with Crippen molar-refractivity contribution in [2.45, 2.75) is 26.0 Å². The molecule has 1 rings (SSSR count). The molecule has 0 aliphatic carbocycles. The fourth-order valence-electron chi connectivity index (χ4n) is 1.50. The zero-order valence-corrected chi connectivity index (χ0v) is 9.53. The van der Waals surface area contributed by atoms with E-state index in [-0.39, 0.29) is 18.7 Å². The Kier molecular flexibility index (Phi) is 3.69. The number of carboxylic acid groups (broad SMARTS) is 1. The van der Waals surface area contributed by atoms with Crippen LogP contribution in [0.15, 0.2) is 0 Å². The molecule has 1 heterocycles. The number of hydrogen-bond donors (Lipinski definition) is 1. The minimum absolute atomic E-state index is 0.190. The lowest BCUT2D eigenvalue weighted by molar-refractivity contribution is -0.134. The van der Waals surface area contributed by atoms with E-state index < -0.39 is 21.7 Å². The molecular weight excluding hydrogens is 222 g/mol. The summed E-state index contributed by atoms with van der Waals surface area (Å²) in [6.45, 7) is 3.98. The Hall–Kier alpha value is -0.660. The molecule has 0 saturated carbocycles. The van der Waals surface area contributed by atoms with Crippen molar-refractivity contribution in [3.63, 3.8) is 0 Å². The summed E-state index contributed by atoms with van der Waals surface area (Å²) in [7, 11) is -3.71. The molecule has 15 heavy (non-hydrogen) atoms. The van der Waals surface area contributed by atoms with Crippen molar-refractivity contribution >= 4 is 16.0 Å². The lowest BCUT2D eigenvalue weighted by Crippen LogP contribution is -2.51. The molecule has 0 bridgehead atoms. The molecule has 1 saturated heterocycles. The molecule has 0 amide bonds. The zero-order valence-electron chi connectivity index (χ0n) is 8.71. The van der Waals surface area contributed by atoms with Gasteiger partial charge in [-0.1, -0.05) is 0 Å². The minimum atomic E-state index is -3.71. The van der Waals surface area contributed by atoms with Gasteiger partial charge in [-0.15, -0.1) is 0 Å². The fourth-order valence-corrected chi connectivity index (χ4v) is 3.02. The summed E-state index contributed by atoms with van der Waals surface area (Å²) < 4.78 is 29.8. The molecule has 0 aromatic carbocycles. The number of nitrogens with zero attached hydrogens (tertiary/aromatic N) is 1. The van der Waals surface area contributed by atoms with Crippen LogP contribution >= 0.6 is 0 Å². The van der Waals surface area contributed by atoms with Crippen LogP contribution in [0.25, 0.3) is 0 Å². The first kappa shape index (κ1) is 12.4. The van der Waals surface area contributed by atoms with Crippen LogP contribution < -0.4 is 0 Å². The fraction of sp³-hybridized carbons (Fsp3) is 0.875. The van der Waals surface area contributed by atoms with E-state index in [1.807, 2.05) is 0 Å². The van der Waals surface area contributed by atoms with Gasteiger partial charge in [-0.25, -0.2) is 8.42 Å². The molecule has 2 unspecified atom stereocenters. The molecule has 88 valence electrons. The molecule has 1 aliphatic rings. The van der Waals surface area contributed by atoms with Crippen LogP contribution in [0.1, 0.15) is 13.8 Å². The topological polar surface area (TPSA) is 83.9 Å². The maximum atomic E-state index is 11.6. The number of ether oxygens (including phenoxy) is 1. The van der Waals surface area contributed by atoms with E-state index >= 15 is 0 Å². The smallest absolute Gasteiger partial charge is 0.320 e. The number of sulfonamides is 1. The highest BCUT2D eigenvalue weighted by molar-refractivity contribution is 7.89. The third-order valence-electron chi connectivity index (χ3n) is 2.21. The Morgan fingerprint density at radius 2 is 2.13 bits per heavy atom. The highest BCUT2D eigenvalue weighted by Crippen LogP contribution is 2.15. The van der Waals surface area contributed by atoms with Gasteiger partial charge in [-0.2, -0.15) is 4.31 Å². The van der Waals surface area contributed by atoms with Gasteiger partial charge in [0.15, 0.2) is 5.75 Å². The lowest BCUT2D eigenvalue weighted by atomic mass is 10.2. The SMILES string of the molecule is CC1CN(S(=O)(=O)CC(=O)O)C(C)CO1. The van der Waals surface area contributed by atoms with Crippen LogP contribution in [0.2, 0.25) is 0 Å². The monoisotopic (exact) mass is 237 g/mol. The van der Waals surface area contributed by atoms with Crippen LogP contribution in [-0.2, 0) is 19.6 Å². The molecule has 0 spiro atoms. The summed E-state index contributed by atoms with van der Waals surface area (Å²) in [6.07, 6.45) is -0.190. The average Bonchev–Trinajstić information content (AvgIpc) is 2.06. The van der Waals surface area contributed by atoms with Crippen LogP contribution in [0, 0.1) is 0 Å². The third-order valence-corrected chi connectivity index (χ3v) is 4.05. The maximum absolute atomic E-state index is 11.6. The highest BCUT2D eigenvalue weighted by atomic mass is 32.2. The molecule has 2 atom stereocenters. The van der Waals surface area contributed by atoms with E-state index in [0.29, 0.717) is 6.61 Å². The van der Waals surface area contributed by atoms with Crippen LogP contribution in [0.3, 0.4) is 0 Å². The molecule has 1 N–H and O–H groups in total. The van der Waals surface area contributed by atoms with Gasteiger partial charge in [0, 0.05) is 12.6 Å². The highest BCUT2D eigenvalue weighted by Gasteiger charge is 2.34. The van der Waals surface area contributed by atoms with E-state index in [9.17, 15) is 13.2 Å². The molecule has 1 aliphatic heterocycles. The van der Waals surface area contributed by atoms with Gasteiger partial charge in [0.05, 0.1) is 12.7 Å². The molecular formula is C8H15NO5S. The van der Waals surface area contributed by atoms with E-state index in [2.05, 4.69) is 0 Å². The number of aliphatic carboxylic acids is 1. The number of morpholine rings is 1. The minimum Gasteiger partial charge on any atom is -0.480 e. The Morgan fingerprint density at radius 3 is 2.67 bits per heavy atom. The summed E-state index contributed by atoms with van der Waals surface area (Å²) in [4.78, 5) is 10.4. The Labute approximate surface area is 88.9 Å². The first-order valence-electron chi connectivity index (χ1n) is 4.66. The van der Waals surface area contributed by atoms with Crippen LogP contribution in [-0.4, -0.2) is 54.8 Å². The summed E-state index contributed by atoms with van der Waals surface area (Å²) in [5.41, 5.74) is 0. The summed E-state index contributed by atoms with van der Waals surface area (Å²) >= 11 is 0. The molecule has 0 aromatic rings. The standard InChI is InChI=1S/C8H15NO5S/c1-6-4-14-7(2)3-9(6)15(12,13)5-8(10)11/h6-7H,3-5H2,1-2H3,(H,10,11). The number of carbonyl (C=O) groups is 1. The van der Waals surface area contributed by atoms with Crippen molar-refractivity contribution < 1.29 is 23.1 Å². The van der Waals surface area contributed by atoms with Crippen LogP contribution in [0.4, 0.5) is 0 Å². The molecule has 0 radical (unpaired) electrons. The summed E-state index contributed by atoms with van der Waals surface area (Å²) in [5.74, 6) is -2.19. The predicted molar refractivity (Wildman–Crippen MR) is 53.0 cm³/mol. The number of carboxylic acids is 1. The van der Waals surface area contributed by atoms with Crippen molar-refractivity contribution in [1.29, 1.82) is 0 Å². The Balaban J connectivity index is 2.80. The molecule has 7 heteroatoms. The van der Waals surface area contributed by atoms with Crippen LogP contribution in [0.5, 0.6) is 0 Å². The second-order valence-corrected chi connectivity index (χ2v) is 5.63. The van der Waals surface area contributed by atoms with Crippen molar-refractivity contribution in [1.82, 2.24) is 4.31 Å². The van der Waals surface area contributed by atoms with Crippen molar-refractivity contribution in [3.8, 4) is 0 Å². The van der Waals surface area contributed by atoms with Gasteiger partial charge in [0.2, 0.25) is 10.0 Å². The largest absolute Gasteiger partial charge is 0.480 e. The second kappa shape index (κ2) is 4.46. The van der Waals surface area contributed by atoms with Gasteiger partial charge in [0.1, 0.15) is 0 Å². The van der Waals surface area contributed by atoms with Gasteiger partial charge in [-0.05, 0) is 13.8 Å². The van der Waals surface area contributed by atoms with E-state index in [1.54, 1.807) is 13.8 Å². The maximum Gasteiger partial charge on any atom is 0.320 e. The molecule has 1 fully saturated rings. The van der Waals surface area contributed by atoms with Crippen molar-refractivity contribution in [2.24, 2.45) is 0 Å². The van der Waals surface area contributed by atoms with Gasteiger partial charge < -0.3 is 9.84 Å². The first-order chi connectivity index (χ1) is 6.83. The first-order valence-corrected chi connectivity index (χ1v) is 6.27. The third kappa shape index (κ3) is 3.15. The summed E-state index contributed by atoms with van der Waals surface area (Å²) in [5, 5.41) is 8.49. The van der Waals surface area contributed by atoms with Crippen molar-refractivity contribution in [3.05, 3.63) is 0 Å². The second-order valence-electron chi connectivity index (χ2n) is 3.71.